The molecule has 0 bridgehead atoms. The molecule has 0 saturated carbocycles. The summed E-state index contributed by atoms with van der Waals surface area (Å²) >= 11 is 0. The SMILES string of the molecule is COC(=O)c1cc(C2CCNCC2)c(O)cc1OC. The average Bonchev–Trinajstić information content (AvgIpc) is 2.47. The lowest BCUT2D eigenvalue weighted by Crippen LogP contribution is -2.26. The van der Waals surface area contributed by atoms with Crippen molar-refractivity contribution in [2.75, 3.05) is 27.3 Å². The lowest BCUT2D eigenvalue weighted by Gasteiger charge is -2.24. The zero-order valence-electron chi connectivity index (χ0n) is 11.2. The van der Waals surface area contributed by atoms with E-state index in [1.165, 1.54) is 20.3 Å². The summed E-state index contributed by atoms with van der Waals surface area (Å²) in [6.07, 6.45) is 1.89. The Hall–Kier alpha value is -1.75. The molecule has 1 fully saturated rings. The molecule has 0 aliphatic carbocycles. The Kier molecular flexibility index (Phi) is 4.27. The van der Waals surface area contributed by atoms with Gasteiger partial charge in [0.15, 0.2) is 0 Å². The van der Waals surface area contributed by atoms with Crippen LogP contribution >= 0.6 is 0 Å². The van der Waals surface area contributed by atoms with Crippen molar-refractivity contribution < 1.29 is 19.4 Å². The van der Waals surface area contributed by atoms with Crippen LogP contribution in [0.1, 0.15) is 34.7 Å². The maximum Gasteiger partial charge on any atom is 0.341 e. The van der Waals surface area contributed by atoms with Gasteiger partial charge in [0.1, 0.15) is 17.1 Å². The van der Waals surface area contributed by atoms with Crippen molar-refractivity contribution in [2.45, 2.75) is 18.8 Å². The van der Waals surface area contributed by atoms with Crippen molar-refractivity contribution in [2.24, 2.45) is 0 Å². The van der Waals surface area contributed by atoms with Crippen LogP contribution in [0.3, 0.4) is 0 Å². The van der Waals surface area contributed by atoms with Crippen LogP contribution in [0.2, 0.25) is 0 Å². The molecule has 104 valence electrons. The van der Waals surface area contributed by atoms with E-state index in [9.17, 15) is 9.90 Å². The summed E-state index contributed by atoms with van der Waals surface area (Å²) in [6.45, 7) is 1.84. The number of aromatic hydroxyl groups is 1. The van der Waals surface area contributed by atoms with Gasteiger partial charge in [0.25, 0.3) is 0 Å². The predicted octanol–water partition coefficient (Wildman–Crippen LogP) is 1.65. The van der Waals surface area contributed by atoms with E-state index < -0.39 is 5.97 Å². The molecular formula is C14H19NO4. The van der Waals surface area contributed by atoms with Crippen LogP contribution in [-0.2, 0) is 4.74 Å². The average molecular weight is 265 g/mol. The molecule has 0 unspecified atom stereocenters. The number of methoxy groups -OCH3 is 2. The largest absolute Gasteiger partial charge is 0.508 e. The zero-order valence-corrected chi connectivity index (χ0v) is 11.2. The summed E-state index contributed by atoms with van der Waals surface area (Å²) in [5, 5.41) is 13.4. The third-order valence-electron chi connectivity index (χ3n) is 3.53. The molecule has 1 aromatic carbocycles. The van der Waals surface area contributed by atoms with E-state index in [1.807, 2.05) is 0 Å². The fourth-order valence-electron chi connectivity index (χ4n) is 2.48. The number of carbonyl (C=O) groups excluding carboxylic acids is 1. The molecule has 0 atom stereocenters. The molecule has 0 radical (unpaired) electrons. The van der Waals surface area contributed by atoms with Crippen LogP contribution in [0, 0.1) is 0 Å². The Morgan fingerprint density at radius 1 is 1.32 bits per heavy atom. The van der Waals surface area contributed by atoms with Gasteiger partial charge in [-0.25, -0.2) is 4.79 Å². The van der Waals surface area contributed by atoms with Gasteiger partial charge in [0, 0.05) is 6.07 Å². The van der Waals surface area contributed by atoms with Gasteiger partial charge >= 0.3 is 5.97 Å². The van der Waals surface area contributed by atoms with Crippen molar-refractivity contribution in [3.8, 4) is 11.5 Å². The number of hydrogen-bond donors (Lipinski definition) is 2. The molecular weight excluding hydrogens is 246 g/mol. The van der Waals surface area contributed by atoms with Crippen LogP contribution in [0.5, 0.6) is 11.5 Å². The number of nitrogens with one attached hydrogen (secondary N) is 1. The second-order valence-electron chi connectivity index (χ2n) is 4.63. The van der Waals surface area contributed by atoms with Gasteiger partial charge in [-0.15, -0.1) is 0 Å². The highest BCUT2D eigenvalue weighted by Crippen LogP contribution is 2.36. The van der Waals surface area contributed by atoms with Gasteiger partial charge in [0.2, 0.25) is 0 Å². The summed E-state index contributed by atoms with van der Waals surface area (Å²) in [6, 6.07) is 3.18. The summed E-state index contributed by atoms with van der Waals surface area (Å²) < 4.78 is 9.87. The van der Waals surface area contributed by atoms with Crippen molar-refractivity contribution in [1.29, 1.82) is 0 Å². The van der Waals surface area contributed by atoms with Gasteiger partial charge < -0.3 is 19.9 Å². The van der Waals surface area contributed by atoms with Crippen molar-refractivity contribution in [1.82, 2.24) is 5.32 Å². The Morgan fingerprint density at radius 3 is 2.58 bits per heavy atom. The normalized spacial score (nSPS) is 16.1. The van der Waals surface area contributed by atoms with Crippen molar-refractivity contribution in [3.63, 3.8) is 0 Å². The minimum absolute atomic E-state index is 0.177. The minimum atomic E-state index is -0.452. The summed E-state index contributed by atoms with van der Waals surface area (Å²) in [5.41, 5.74) is 1.15. The topological polar surface area (TPSA) is 67.8 Å². The zero-order chi connectivity index (χ0) is 13.8. The Morgan fingerprint density at radius 2 is 2.00 bits per heavy atom. The third-order valence-corrected chi connectivity index (χ3v) is 3.53. The molecule has 0 amide bonds. The second-order valence-corrected chi connectivity index (χ2v) is 4.63. The number of benzene rings is 1. The van der Waals surface area contributed by atoms with Crippen LogP contribution in [0.15, 0.2) is 12.1 Å². The van der Waals surface area contributed by atoms with E-state index in [2.05, 4.69) is 5.32 Å². The first-order chi connectivity index (χ1) is 9.17. The quantitative estimate of drug-likeness (QED) is 0.813. The van der Waals surface area contributed by atoms with E-state index in [1.54, 1.807) is 6.07 Å². The van der Waals surface area contributed by atoms with E-state index in [-0.39, 0.29) is 11.7 Å². The van der Waals surface area contributed by atoms with Crippen LogP contribution < -0.4 is 10.1 Å². The standard InChI is InChI=1S/C14H19NO4/c1-18-13-8-12(16)10(7-11(13)14(17)19-2)9-3-5-15-6-4-9/h7-9,15-16H,3-6H2,1-2H3. The molecule has 1 saturated heterocycles. The number of phenolic OH excluding ortho intramolecular Hbond substituents is 1. The van der Waals surface area contributed by atoms with Crippen molar-refractivity contribution >= 4 is 5.97 Å². The summed E-state index contributed by atoms with van der Waals surface area (Å²) in [4.78, 5) is 11.7. The smallest absolute Gasteiger partial charge is 0.341 e. The molecule has 0 aromatic heterocycles. The number of carbonyl (C=O) groups is 1. The molecule has 2 N–H and O–H groups in total. The van der Waals surface area contributed by atoms with Crippen LogP contribution in [0.25, 0.3) is 0 Å². The maximum atomic E-state index is 11.7. The van der Waals surface area contributed by atoms with E-state index in [4.69, 9.17) is 9.47 Å². The molecule has 1 aliphatic heterocycles. The number of esters is 1. The maximum absolute atomic E-state index is 11.7. The first-order valence-electron chi connectivity index (χ1n) is 6.37. The second kappa shape index (κ2) is 5.93. The highest BCUT2D eigenvalue weighted by molar-refractivity contribution is 5.93. The lowest BCUT2D eigenvalue weighted by atomic mass is 9.88. The number of piperidine rings is 1. The molecule has 0 spiro atoms. The fourth-order valence-corrected chi connectivity index (χ4v) is 2.48. The number of ether oxygens (including phenoxy) is 2. The monoisotopic (exact) mass is 265 g/mol. The Bertz CT molecular complexity index is 467. The van der Waals surface area contributed by atoms with Gasteiger partial charge in [-0.05, 0) is 43.5 Å². The minimum Gasteiger partial charge on any atom is -0.508 e. The van der Waals surface area contributed by atoms with Gasteiger partial charge in [0.05, 0.1) is 14.2 Å². The molecule has 2 rings (SSSR count). The third kappa shape index (κ3) is 2.81. The number of hydrogen-bond acceptors (Lipinski definition) is 5. The Balaban J connectivity index is 2.40. The molecule has 19 heavy (non-hydrogen) atoms. The summed E-state index contributed by atoms with van der Waals surface area (Å²) in [5.74, 6) is 0.320. The first kappa shape index (κ1) is 13.7. The lowest BCUT2D eigenvalue weighted by molar-refractivity contribution is 0.0597. The fraction of sp³-hybridized carbons (Fsp3) is 0.500. The Labute approximate surface area is 112 Å². The van der Waals surface area contributed by atoms with E-state index in [0.29, 0.717) is 11.3 Å². The summed E-state index contributed by atoms with van der Waals surface area (Å²) in [7, 11) is 2.80. The number of phenols is 1. The van der Waals surface area contributed by atoms with Gasteiger partial charge in [-0.1, -0.05) is 0 Å². The molecule has 1 aliphatic rings. The highest BCUT2D eigenvalue weighted by Gasteiger charge is 2.23. The van der Waals surface area contributed by atoms with E-state index in [0.717, 1.165) is 31.5 Å². The van der Waals surface area contributed by atoms with Crippen molar-refractivity contribution in [3.05, 3.63) is 23.3 Å². The van der Waals surface area contributed by atoms with Gasteiger partial charge in [-0.2, -0.15) is 0 Å². The predicted molar refractivity (Wildman–Crippen MR) is 70.8 cm³/mol. The van der Waals surface area contributed by atoms with E-state index >= 15 is 0 Å². The molecule has 1 aromatic rings. The van der Waals surface area contributed by atoms with Gasteiger partial charge in [-0.3, -0.25) is 0 Å². The number of rotatable bonds is 3. The first-order valence-corrected chi connectivity index (χ1v) is 6.37. The molecule has 5 nitrogen and oxygen atoms in total. The van der Waals surface area contributed by atoms with Crippen LogP contribution in [-0.4, -0.2) is 38.4 Å². The molecule has 5 heteroatoms. The highest BCUT2D eigenvalue weighted by atomic mass is 16.5. The van der Waals surface area contributed by atoms with Crippen LogP contribution in [0.4, 0.5) is 0 Å². The molecule has 1 heterocycles.